The lowest BCUT2D eigenvalue weighted by Gasteiger charge is -2.18. The first-order valence-corrected chi connectivity index (χ1v) is 5.21. The Labute approximate surface area is 113 Å². The third-order valence-corrected chi connectivity index (χ3v) is 2.17. The lowest BCUT2D eigenvalue weighted by Crippen LogP contribution is -2.23. The van der Waals surface area contributed by atoms with E-state index in [-0.39, 0.29) is 0 Å². The third kappa shape index (κ3) is 4.77. The van der Waals surface area contributed by atoms with E-state index in [1.54, 1.807) is 0 Å². The Morgan fingerprint density at radius 1 is 1.29 bits per heavy atom. The number of carboxylic acids is 1. The molecule has 0 atom stereocenters. The molecular formula is C10H8F6N2O3. The zero-order valence-corrected chi connectivity index (χ0v) is 10.0. The van der Waals surface area contributed by atoms with Gasteiger partial charge in [0.15, 0.2) is 5.69 Å². The molecule has 0 unspecified atom stereocenters. The number of hydrogen-bond acceptors (Lipinski definition) is 4. The van der Waals surface area contributed by atoms with Gasteiger partial charge in [0.25, 0.3) is 0 Å². The summed E-state index contributed by atoms with van der Waals surface area (Å²) in [4.78, 5) is 13.6. The molecule has 1 rings (SSSR count). The van der Waals surface area contributed by atoms with Gasteiger partial charge in [-0.15, -0.1) is 13.2 Å². The number of halogens is 6. The highest BCUT2D eigenvalue weighted by atomic mass is 19.4. The second-order valence-electron chi connectivity index (χ2n) is 3.76. The predicted molar refractivity (Wildman–Crippen MR) is 55.2 cm³/mol. The molecule has 0 bridgehead atoms. The Balaban J connectivity index is 3.53. The number of aromatic nitrogens is 1. The monoisotopic (exact) mass is 318 g/mol. The van der Waals surface area contributed by atoms with Crippen molar-refractivity contribution >= 4 is 5.97 Å². The molecule has 0 amide bonds. The first-order valence-electron chi connectivity index (χ1n) is 5.21. The number of carboxylic acid groups (broad SMARTS) is 1. The maximum atomic E-state index is 12.8. The molecule has 0 spiro atoms. The van der Waals surface area contributed by atoms with Crippen LogP contribution >= 0.6 is 0 Å². The summed E-state index contributed by atoms with van der Waals surface area (Å²) in [6, 6.07) is 0.529. The first kappa shape index (κ1) is 17.0. The molecule has 0 saturated heterocycles. The maximum absolute atomic E-state index is 12.8. The van der Waals surface area contributed by atoms with Crippen molar-refractivity contribution in [1.29, 1.82) is 0 Å². The van der Waals surface area contributed by atoms with Crippen molar-refractivity contribution in [2.45, 2.75) is 25.5 Å². The van der Waals surface area contributed by atoms with Crippen LogP contribution < -0.4 is 10.5 Å². The lowest BCUT2D eigenvalue weighted by atomic mass is 10.1. The van der Waals surface area contributed by atoms with Crippen LogP contribution in [0.15, 0.2) is 6.07 Å². The minimum absolute atomic E-state index is 0.518. The minimum atomic E-state index is -5.29. The van der Waals surface area contributed by atoms with Crippen LogP contribution in [0.1, 0.15) is 17.0 Å². The van der Waals surface area contributed by atoms with Gasteiger partial charge in [-0.2, -0.15) is 13.2 Å². The van der Waals surface area contributed by atoms with Gasteiger partial charge in [-0.1, -0.05) is 0 Å². The second kappa shape index (κ2) is 5.76. The second-order valence-corrected chi connectivity index (χ2v) is 3.76. The molecule has 0 aromatic carbocycles. The molecule has 118 valence electrons. The zero-order valence-electron chi connectivity index (χ0n) is 10.0. The van der Waals surface area contributed by atoms with E-state index in [1.165, 1.54) is 0 Å². The molecule has 1 aromatic heterocycles. The molecule has 0 aliphatic carbocycles. The number of aliphatic carboxylic acids is 1. The van der Waals surface area contributed by atoms with Crippen LogP contribution in [0.25, 0.3) is 0 Å². The van der Waals surface area contributed by atoms with Gasteiger partial charge in [-0.25, -0.2) is 4.98 Å². The number of hydrogen-bond donors (Lipinski definition) is 2. The Bertz CT molecular complexity index is 541. The fourth-order valence-electron chi connectivity index (χ4n) is 1.48. The number of pyridine rings is 1. The highest BCUT2D eigenvalue weighted by Gasteiger charge is 2.40. The Kier molecular flexibility index (Phi) is 4.66. The van der Waals surface area contributed by atoms with Crippen LogP contribution in [0.2, 0.25) is 0 Å². The van der Waals surface area contributed by atoms with E-state index < -0.39 is 54.2 Å². The quantitative estimate of drug-likeness (QED) is 0.830. The fraction of sp³-hybridized carbons (Fsp3) is 0.400. The van der Waals surface area contributed by atoms with Crippen molar-refractivity contribution < 1.29 is 41.0 Å². The Morgan fingerprint density at radius 2 is 1.86 bits per heavy atom. The van der Waals surface area contributed by atoms with Gasteiger partial charge in [-0.3, -0.25) is 4.79 Å². The van der Waals surface area contributed by atoms with E-state index in [9.17, 15) is 31.1 Å². The van der Waals surface area contributed by atoms with E-state index in [2.05, 4.69) is 9.72 Å². The first-order chi connectivity index (χ1) is 9.44. The summed E-state index contributed by atoms with van der Waals surface area (Å²) in [5.74, 6) is -3.05. The van der Waals surface area contributed by atoms with Crippen LogP contribution in [0.4, 0.5) is 26.3 Å². The van der Waals surface area contributed by atoms with Crippen molar-refractivity contribution in [3.05, 3.63) is 23.0 Å². The molecule has 1 heterocycles. The summed E-state index contributed by atoms with van der Waals surface area (Å²) < 4.78 is 78.5. The van der Waals surface area contributed by atoms with Gasteiger partial charge in [0.05, 0.1) is 12.1 Å². The van der Waals surface area contributed by atoms with E-state index in [4.69, 9.17) is 10.8 Å². The summed E-state index contributed by atoms with van der Waals surface area (Å²) in [6.07, 6.45) is -11.8. The molecular weight excluding hydrogens is 310 g/mol. The van der Waals surface area contributed by atoms with Crippen molar-refractivity contribution in [3.63, 3.8) is 0 Å². The van der Waals surface area contributed by atoms with Crippen molar-refractivity contribution in [3.8, 4) is 5.75 Å². The van der Waals surface area contributed by atoms with Crippen molar-refractivity contribution in [2.24, 2.45) is 5.73 Å². The highest BCUT2D eigenvalue weighted by Crippen LogP contribution is 2.37. The SMILES string of the molecule is NCc1cc(OC(F)(F)F)c(CC(=O)O)c(C(F)(F)F)n1. The Morgan fingerprint density at radius 3 is 2.24 bits per heavy atom. The number of nitrogens with zero attached hydrogens (tertiary/aromatic N) is 1. The van der Waals surface area contributed by atoms with E-state index in [0.29, 0.717) is 6.07 Å². The normalized spacial score (nSPS) is 12.3. The zero-order chi connectivity index (χ0) is 16.4. The summed E-state index contributed by atoms with van der Waals surface area (Å²) in [6.45, 7) is -0.579. The molecule has 1 aromatic rings. The summed E-state index contributed by atoms with van der Waals surface area (Å²) in [5.41, 5.74) is 1.56. The Hall–Kier alpha value is -2.04. The summed E-state index contributed by atoms with van der Waals surface area (Å²) in [5, 5.41) is 8.55. The number of ether oxygens (including phenoxy) is 1. The van der Waals surface area contributed by atoms with E-state index in [0.717, 1.165) is 0 Å². The van der Waals surface area contributed by atoms with Crippen LogP contribution in [-0.2, 0) is 23.9 Å². The molecule has 11 heteroatoms. The molecule has 21 heavy (non-hydrogen) atoms. The van der Waals surface area contributed by atoms with Gasteiger partial charge >= 0.3 is 18.5 Å². The molecule has 0 saturated carbocycles. The van der Waals surface area contributed by atoms with Crippen LogP contribution in [-0.4, -0.2) is 22.4 Å². The summed E-state index contributed by atoms with van der Waals surface area (Å²) >= 11 is 0. The number of nitrogens with two attached hydrogens (primary N) is 1. The van der Waals surface area contributed by atoms with Gasteiger partial charge in [-0.05, 0) is 0 Å². The molecule has 3 N–H and O–H groups in total. The van der Waals surface area contributed by atoms with Gasteiger partial charge in [0.2, 0.25) is 0 Å². The topological polar surface area (TPSA) is 85.4 Å². The standard InChI is InChI=1S/C10H8F6N2O3/c11-9(12,13)8-5(2-7(19)20)6(21-10(14,15)16)1-4(3-17)18-8/h1H,2-3,17H2,(H,19,20). The molecule has 5 nitrogen and oxygen atoms in total. The maximum Gasteiger partial charge on any atom is 0.573 e. The molecule has 0 aliphatic rings. The predicted octanol–water partition coefficient (Wildman–Crippen LogP) is 2.08. The van der Waals surface area contributed by atoms with Crippen molar-refractivity contribution in [2.75, 3.05) is 0 Å². The lowest BCUT2D eigenvalue weighted by molar-refractivity contribution is -0.275. The van der Waals surface area contributed by atoms with E-state index in [1.807, 2.05) is 0 Å². The fourth-order valence-corrected chi connectivity index (χ4v) is 1.48. The van der Waals surface area contributed by atoms with E-state index >= 15 is 0 Å². The van der Waals surface area contributed by atoms with Crippen LogP contribution in [0.3, 0.4) is 0 Å². The number of alkyl halides is 6. The van der Waals surface area contributed by atoms with Crippen LogP contribution in [0.5, 0.6) is 5.75 Å². The van der Waals surface area contributed by atoms with Crippen molar-refractivity contribution in [1.82, 2.24) is 4.98 Å². The highest BCUT2D eigenvalue weighted by molar-refractivity contribution is 5.72. The van der Waals surface area contributed by atoms with Gasteiger partial charge in [0, 0.05) is 18.2 Å². The average molecular weight is 318 g/mol. The molecule has 0 radical (unpaired) electrons. The minimum Gasteiger partial charge on any atom is -0.481 e. The summed E-state index contributed by atoms with van der Waals surface area (Å²) in [7, 11) is 0. The molecule has 0 aliphatic heterocycles. The molecule has 0 fully saturated rings. The smallest absolute Gasteiger partial charge is 0.481 e. The third-order valence-electron chi connectivity index (χ3n) is 2.17. The largest absolute Gasteiger partial charge is 0.573 e. The number of carbonyl (C=O) groups is 1. The average Bonchev–Trinajstić information content (AvgIpc) is 2.27. The van der Waals surface area contributed by atoms with Gasteiger partial charge in [0.1, 0.15) is 5.75 Å². The van der Waals surface area contributed by atoms with Gasteiger partial charge < -0.3 is 15.6 Å². The van der Waals surface area contributed by atoms with Crippen LogP contribution in [0, 0.1) is 0 Å². The number of rotatable bonds is 4.